The third kappa shape index (κ3) is 5.64. The lowest BCUT2D eigenvalue weighted by Gasteiger charge is -2.19. The number of hydrogen-bond donors (Lipinski definition) is 2. The molecule has 0 bridgehead atoms. The molecule has 3 aromatic rings. The molecule has 2 heterocycles. The van der Waals surface area contributed by atoms with Crippen LogP contribution >= 0.6 is 11.3 Å². The first-order valence-corrected chi connectivity index (χ1v) is 11.3. The molecule has 0 unspecified atom stereocenters. The smallest absolute Gasteiger partial charge is 0.340 e. The second-order valence-electron chi connectivity index (χ2n) is 7.17. The number of thiophene rings is 1. The topological polar surface area (TPSA) is 121 Å². The molecule has 0 atom stereocenters. The molecule has 2 aromatic carbocycles. The van der Waals surface area contributed by atoms with Crippen LogP contribution in [0.3, 0.4) is 0 Å². The van der Waals surface area contributed by atoms with Gasteiger partial charge < -0.3 is 34.3 Å². The highest BCUT2D eigenvalue weighted by molar-refractivity contribution is 7.12. The summed E-state index contributed by atoms with van der Waals surface area (Å²) in [5.74, 6) is -0.119. The zero-order valence-corrected chi connectivity index (χ0v) is 19.7. The van der Waals surface area contributed by atoms with Crippen LogP contribution in [0.5, 0.6) is 23.0 Å². The standard InChI is InChI=1S/C24H22N2O8S/c1-30-18-11-15(16(12-19(18)31-2)26-23(28)21-4-3-9-35-21)24(29)34-13-22(27)25-14-5-6-17-20(10-14)33-8-7-32-17/h3-6,9-12H,7-8,13H2,1-2H3,(H,25,27)(H,26,28). The summed E-state index contributed by atoms with van der Waals surface area (Å²) in [7, 11) is 2.85. The molecular weight excluding hydrogens is 476 g/mol. The van der Waals surface area contributed by atoms with Gasteiger partial charge in [-0.15, -0.1) is 11.3 Å². The summed E-state index contributed by atoms with van der Waals surface area (Å²) >= 11 is 1.25. The van der Waals surface area contributed by atoms with Crippen LogP contribution in [0.15, 0.2) is 47.8 Å². The molecule has 1 aromatic heterocycles. The lowest BCUT2D eigenvalue weighted by atomic mass is 10.1. The van der Waals surface area contributed by atoms with Gasteiger partial charge in [-0.25, -0.2) is 4.79 Å². The zero-order valence-electron chi connectivity index (χ0n) is 18.9. The van der Waals surface area contributed by atoms with E-state index in [0.717, 1.165) is 0 Å². The van der Waals surface area contributed by atoms with Crippen molar-refractivity contribution >= 4 is 40.5 Å². The summed E-state index contributed by atoms with van der Waals surface area (Å²) in [6.45, 7) is 0.319. The van der Waals surface area contributed by atoms with Gasteiger partial charge in [0.05, 0.1) is 30.3 Å². The Balaban J connectivity index is 1.46. The number of benzene rings is 2. The summed E-state index contributed by atoms with van der Waals surface area (Å²) in [6.07, 6.45) is 0. The molecule has 0 spiro atoms. The van der Waals surface area contributed by atoms with Crippen molar-refractivity contribution in [3.8, 4) is 23.0 Å². The lowest BCUT2D eigenvalue weighted by Crippen LogP contribution is -2.22. The maximum Gasteiger partial charge on any atom is 0.340 e. The van der Waals surface area contributed by atoms with Crippen molar-refractivity contribution in [3.05, 3.63) is 58.3 Å². The predicted octanol–water partition coefficient (Wildman–Crippen LogP) is 3.58. The number of carbonyl (C=O) groups is 3. The van der Waals surface area contributed by atoms with Crippen LogP contribution in [0.1, 0.15) is 20.0 Å². The Morgan fingerprint density at radius 3 is 2.40 bits per heavy atom. The van der Waals surface area contributed by atoms with Gasteiger partial charge in [-0.3, -0.25) is 9.59 Å². The van der Waals surface area contributed by atoms with Gasteiger partial charge in [0.15, 0.2) is 29.6 Å². The maximum absolute atomic E-state index is 12.9. The third-order valence-corrected chi connectivity index (χ3v) is 5.77. The van der Waals surface area contributed by atoms with Crippen LogP contribution in [0.25, 0.3) is 0 Å². The molecule has 10 nitrogen and oxygen atoms in total. The number of nitrogens with one attached hydrogen (secondary N) is 2. The highest BCUT2D eigenvalue weighted by atomic mass is 32.1. The Labute approximate surface area is 204 Å². The number of hydrogen-bond acceptors (Lipinski definition) is 9. The number of methoxy groups -OCH3 is 2. The van der Waals surface area contributed by atoms with Gasteiger partial charge in [0.2, 0.25) is 0 Å². The fraction of sp³-hybridized carbons (Fsp3) is 0.208. The van der Waals surface area contributed by atoms with Crippen LogP contribution in [-0.2, 0) is 9.53 Å². The summed E-state index contributed by atoms with van der Waals surface area (Å²) in [4.78, 5) is 38.3. The zero-order chi connectivity index (χ0) is 24.8. The monoisotopic (exact) mass is 498 g/mol. The van der Waals surface area contributed by atoms with E-state index in [1.54, 1.807) is 35.7 Å². The Hall–Kier alpha value is -4.25. The average Bonchev–Trinajstić information content (AvgIpc) is 3.42. The molecule has 4 rings (SSSR count). The lowest BCUT2D eigenvalue weighted by molar-refractivity contribution is -0.119. The van der Waals surface area contributed by atoms with E-state index in [2.05, 4.69) is 10.6 Å². The Morgan fingerprint density at radius 2 is 1.69 bits per heavy atom. The van der Waals surface area contributed by atoms with E-state index in [1.807, 2.05) is 0 Å². The van der Waals surface area contributed by atoms with Crippen molar-refractivity contribution in [2.45, 2.75) is 0 Å². The number of fused-ring (bicyclic) bond motifs is 1. The number of carbonyl (C=O) groups excluding carboxylic acids is 3. The molecule has 1 aliphatic rings. The molecule has 0 radical (unpaired) electrons. The van der Waals surface area contributed by atoms with Crippen LogP contribution in [0.2, 0.25) is 0 Å². The Kier molecular flexibility index (Phi) is 7.36. The van der Waals surface area contributed by atoms with E-state index in [9.17, 15) is 14.4 Å². The molecule has 2 N–H and O–H groups in total. The van der Waals surface area contributed by atoms with E-state index in [-0.39, 0.29) is 17.0 Å². The first kappa shape index (κ1) is 23.9. The normalized spacial score (nSPS) is 11.8. The van der Waals surface area contributed by atoms with Gasteiger partial charge in [0.25, 0.3) is 11.8 Å². The molecule has 2 amide bonds. The van der Waals surface area contributed by atoms with Crippen molar-refractivity contribution in [3.63, 3.8) is 0 Å². The molecule has 0 saturated heterocycles. The van der Waals surface area contributed by atoms with Crippen molar-refractivity contribution in [2.24, 2.45) is 0 Å². The van der Waals surface area contributed by atoms with Gasteiger partial charge in [-0.1, -0.05) is 6.07 Å². The van der Waals surface area contributed by atoms with Crippen LogP contribution in [-0.4, -0.2) is 51.8 Å². The number of esters is 1. The van der Waals surface area contributed by atoms with E-state index < -0.39 is 24.4 Å². The third-order valence-electron chi connectivity index (χ3n) is 4.90. The Morgan fingerprint density at radius 1 is 0.943 bits per heavy atom. The number of ether oxygens (including phenoxy) is 5. The average molecular weight is 499 g/mol. The molecular formula is C24H22N2O8S. The number of amides is 2. The second-order valence-corrected chi connectivity index (χ2v) is 8.11. The highest BCUT2D eigenvalue weighted by Crippen LogP contribution is 2.35. The molecule has 0 fully saturated rings. The second kappa shape index (κ2) is 10.8. The largest absolute Gasteiger partial charge is 0.493 e. The number of rotatable bonds is 8. The van der Waals surface area contributed by atoms with E-state index in [0.29, 0.717) is 41.0 Å². The minimum absolute atomic E-state index is 0.000291. The van der Waals surface area contributed by atoms with Crippen molar-refractivity contribution in [1.82, 2.24) is 0 Å². The van der Waals surface area contributed by atoms with Gasteiger partial charge in [0, 0.05) is 23.9 Å². The van der Waals surface area contributed by atoms with Crippen LogP contribution < -0.4 is 29.6 Å². The highest BCUT2D eigenvalue weighted by Gasteiger charge is 2.22. The molecule has 182 valence electrons. The first-order valence-electron chi connectivity index (χ1n) is 10.5. The molecule has 0 aliphatic carbocycles. The summed E-state index contributed by atoms with van der Waals surface area (Å²) in [6, 6.07) is 11.2. The van der Waals surface area contributed by atoms with Gasteiger partial charge >= 0.3 is 5.97 Å². The fourth-order valence-electron chi connectivity index (χ4n) is 3.27. The van der Waals surface area contributed by atoms with Crippen molar-refractivity contribution < 1.29 is 38.1 Å². The molecule has 11 heteroatoms. The van der Waals surface area contributed by atoms with Crippen LogP contribution in [0.4, 0.5) is 11.4 Å². The summed E-state index contributed by atoms with van der Waals surface area (Å²) in [5.41, 5.74) is 0.614. The molecule has 35 heavy (non-hydrogen) atoms. The minimum atomic E-state index is -0.829. The van der Waals surface area contributed by atoms with Crippen molar-refractivity contribution in [2.75, 3.05) is 44.7 Å². The van der Waals surface area contributed by atoms with Gasteiger partial charge in [-0.2, -0.15) is 0 Å². The predicted molar refractivity (Wildman–Crippen MR) is 128 cm³/mol. The van der Waals surface area contributed by atoms with Crippen molar-refractivity contribution in [1.29, 1.82) is 0 Å². The van der Waals surface area contributed by atoms with E-state index >= 15 is 0 Å². The fourth-order valence-corrected chi connectivity index (χ4v) is 3.89. The molecule has 1 aliphatic heterocycles. The SMILES string of the molecule is COc1cc(NC(=O)c2cccs2)c(C(=O)OCC(=O)Nc2ccc3c(c2)OCCO3)cc1OC. The van der Waals surface area contributed by atoms with Gasteiger partial charge in [-0.05, 0) is 23.6 Å². The maximum atomic E-state index is 12.9. The molecule has 0 saturated carbocycles. The summed E-state index contributed by atoms with van der Waals surface area (Å²) in [5, 5.41) is 7.09. The van der Waals surface area contributed by atoms with E-state index in [1.165, 1.54) is 37.7 Å². The van der Waals surface area contributed by atoms with Gasteiger partial charge in [0.1, 0.15) is 13.2 Å². The van der Waals surface area contributed by atoms with Crippen LogP contribution in [0, 0.1) is 0 Å². The Bertz CT molecular complexity index is 1240. The minimum Gasteiger partial charge on any atom is -0.493 e. The summed E-state index contributed by atoms with van der Waals surface area (Å²) < 4.78 is 26.7. The number of anilines is 2. The van der Waals surface area contributed by atoms with E-state index in [4.69, 9.17) is 23.7 Å². The first-order chi connectivity index (χ1) is 17.0. The quantitative estimate of drug-likeness (QED) is 0.452.